The number of nitrogens with zero attached hydrogens (tertiary/aromatic N) is 1. The first-order chi connectivity index (χ1) is 14.4. The summed E-state index contributed by atoms with van der Waals surface area (Å²) in [6, 6.07) is 12.6. The fourth-order valence-electron chi connectivity index (χ4n) is 3.60. The molecule has 0 atom stereocenters. The summed E-state index contributed by atoms with van der Waals surface area (Å²) in [7, 11) is 1.53. The van der Waals surface area contributed by atoms with Gasteiger partial charge in [0, 0.05) is 30.1 Å². The highest BCUT2D eigenvalue weighted by atomic mass is 35.5. The molecule has 5 nitrogen and oxygen atoms in total. The van der Waals surface area contributed by atoms with Crippen LogP contribution in [0.1, 0.15) is 47.4 Å². The minimum absolute atomic E-state index is 0.0543. The maximum absolute atomic E-state index is 13.0. The number of likely N-dealkylation sites (tertiary alicyclic amines) is 1. The molecule has 2 aromatic rings. The average molecular weight is 430 g/mol. The zero-order valence-electron chi connectivity index (χ0n) is 17.7. The lowest BCUT2D eigenvalue weighted by molar-refractivity contribution is 0.0650. The van der Waals surface area contributed by atoms with Crippen LogP contribution in [0.25, 0.3) is 0 Å². The molecule has 0 bridgehead atoms. The highest BCUT2D eigenvalue weighted by molar-refractivity contribution is 6.32. The van der Waals surface area contributed by atoms with Gasteiger partial charge in [-0.2, -0.15) is 0 Å². The molecule has 1 aliphatic heterocycles. The minimum atomic E-state index is -0.115. The third kappa shape index (κ3) is 5.14. The molecular formula is C24H28ClNO4. The van der Waals surface area contributed by atoms with Gasteiger partial charge in [-0.15, -0.1) is 0 Å². The first-order valence-corrected chi connectivity index (χ1v) is 10.7. The standard InChI is InChI=1S/C24H28ClNO4/c1-16(2)15-30-23-20(25)13-19(14-21(23)29-3)24(28)26-11-9-18(10-12-26)22(27)17-7-5-4-6-8-17/h4-8,13-14,16,18H,9-12,15H2,1-3H3. The van der Waals surface area contributed by atoms with Crippen molar-refractivity contribution in [2.45, 2.75) is 26.7 Å². The average Bonchev–Trinajstić information content (AvgIpc) is 2.77. The molecule has 1 saturated heterocycles. The van der Waals surface area contributed by atoms with Crippen molar-refractivity contribution in [2.75, 3.05) is 26.8 Å². The molecule has 1 fully saturated rings. The minimum Gasteiger partial charge on any atom is -0.493 e. The highest BCUT2D eigenvalue weighted by Gasteiger charge is 2.29. The largest absolute Gasteiger partial charge is 0.493 e. The number of benzene rings is 2. The molecule has 0 unspecified atom stereocenters. The van der Waals surface area contributed by atoms with E-state index in [1.165, 1.54) is 7.11 Å². The van der Waals surface area contributed by atoms with Crippen molar-refractivity contribution >= 4 is 23.3 Å². The molecule has 0 spiro atoms. The molecule has 0 radical (unpaired) electrons. The Labute approximate surface area is 182 Å². The Balaban J connectivity index is 1.67. The molecule has 0 N–H and O–H groups in total. The zero-order chi connectivity index (χ0) is 21.7. The van der Waals surface area contributed by atoms with Gasteiger partial charge < -0.3 is 14.4 Å². The molecule has 6 heteroatoms. The molecule has 0 saturated carbocycles. The van der Waals surface area contributed by atoms with Crippen LogP contribution in [0.3, 0.4) is 0 Å². The molecule has 0 aliphatic carbocycles. The lowest BCUT2D eigenvalue weighted by Gasteiger charge is -2.31. The number of carbonyl (C=O) groups is 2. The Morgan fingerprint density at radius 3 is 2.37 bits per heavy atom. The van der Waals surface area contributed by atoms with E-state index in [1.54, 1.807) is 17.0 Å². The number of piperidine rings is 1. The second-order valence-corrected chi connectivity index (χ2v) is 8.40. The van der Waals surface area contributed by atoms with Crippen LogP contribution in [0.2, 0.25) is 5.02 Å². The van der Waals surface area contributed by atoms with Crippen LogP contribution in [0.4, 0.5) is 0 Å². The van der Waals surface area contributed by atoms with Gasteiger partial charge in [-0.1, -0.05) is 55.8 Å². The van der Waals surface area contributed by atoms with Crippen molar-refractivity contribution in [1.29, 1.82) is 0 Å². The zero-order valence-corrected chi connectivity index (χ0v) is 18.4. The lowest BCUT2D eigenvalue weighted by Crippen LogP contribution is -2.40. The molecular weight excluding hydrogens is 402 g/mol. The Bertz CT molecular complexity index is 890. The third-order valence-electron chi connectivity index (χ3n) is 5.25. The normalized spacial score (nSPS) is 14.6. The number of methoxy groups -OCH3 is 1. The number of halogens is 1. The Morgan fingerprint density at radius 1 is 1.10 bits per heavy atom. The van der Waals surface area contributed by atoms with Crippen LogP contribution in [0, 0.1) is 11.8 Å². The van der Waals surface area contributed by atoms with Crippen molar-refractivity contribution in [2.24, 2.45) is 11.8 Å². The molecule has 30 heavy (non-hydrogen) atoms. The second kappa shape index (κ2) is 9.98. The number of ketones is 1. The monoisotopic (exact) mass is 429 g/mol. The van der Waals surface area contributed by atoms with Crippen molar-refractivity contribution in [3.05, 3.63) is 58.6 Å². The summed E-state index contributed by atoms with van der Waals surface area (Å²) in [6.07, 6.45) is 1.31. The number of hydrogen-bond acceptors (Lipinski definition) is 4. The molecule has 2 aromatic carbocycles. The predicted molar refractivity (Wildman–Crippen MR) is 118 cm³/mol. The first kappa shape index (κ1) is 22.2. The van der Waals surface area contributed by atoms with Crippen molar-refractivity contribution in [1.82, 2.24) is 4.90 Å². The summed E-state index contributed by atoms with van der Waals surface area (Å²) in [6.45, 7) is 5.67. The van der Waals surface area contributed by atoms with Gasteiger partial charge >= 0.3 is 0 Å². The molecule has 1 aliphatic rings. The fraction of sp³-hybridized carbons (Fsp3) is 0.417. The number of amides is 1. The van der Waals surface area contributed by atoms with Crippen LogP contribution in [-0.2, 0) is 0 Å². The van der Waals surface area contributed by atoms with Gasteiger partial charge in [0.15, 0.2) is 17.3 Å². The third-order valence-corrected chi connectivity index (χ3v) is 5.53. The second-order valence-electron chi connectivity index (χ2n) is 7.99. The Morgan fingerprint density at radius 2 is 1.77 bits per heavy atom. The fourth-order valence-corrected chi connectivity index (χ4v) is 3.86. The number of rotatable bonds is 7. The number of ether oxygens (including phenoxy) is 2. The van der Waals surface area contributed by atoms with Crippen molar-refractivity contribution < 1.29 is 19.1 Å². The first-order valence-electron chi connectivity index (χ1n) is 10.3. The predicted octanol–water partition coefficient (Wildman–Crippen LogP) is 5.12. The van der Waals surface area contributed by atoms with Gasteiger partial charge in [-0.05, 0) is 30.9 Å². The molecule has 0 aromatic heterocycles. The van der Waals surface area contributed by atoms with Gasteiger partial charge in [0.2, 0.25) is 0 Å². The molecule has 3 rings (SSSR count). The summed E-state index contributed by atoms with van der Waals surface area (Å²) in [5.41, 5.74) is 1.19. The van der Waals surface area contributed by atoms with Crippen LogP contribution in [0.5, 0.6) is 11.5 Å². The quantitative estimate of drug-likeness (QED) is 0.573. The van der Waals surface area contributed by atoms with E-state index in [0.29, 0.717) is 60.5 Å². The maximum atomic E-state index is 13.0. The molecule has 1 heterocycles. The number of Topliss-reactive ketones (excluding diaryl/α,β-unsaturated/α-hetero) is 1. The van der Waals surface area contributed by atoms with Crippen molar-refractivity contribution in [3.8, 4) is 11.5 Å². The van der Waals surface area contributed by atoms with Gasteiger partial charge in [0.1, 0.15) is 0 Å². The SMILES string of the molecule is COc1cc(C(=O)N2CCC(C(=O)c3ccccc3)CC2)cc(Cl)c1OCC(C)C. The van der Waals surface area contributed by atoms with E-state index in [1.807, 2.05) is 44.2 Å². The van der Waals surface area contributed by atoms with E-state index >= 15 is 0 Å². The topological polar surface area (TPSA) is 55.8 Å². The number of hydrogen-bond donors (Lipinski definition) is 0. The summed E-state index contributed by atoms with van der Waals surface area (Å²) < 4.78 is 11.2. The lowest BCUT2D eigenvalue weighted by atomic mass is 9.88. The molecule has 160 valence electrons. The maximum Gasteiger partial charge on any atom is 0.254 e. The van der Waals surface area contributed by atoms with Crippen LogP contribution in [0.15, 0.2) is 42.5 Å². The van der Waals surface area contributed by atoms with E-state index < -0.39 is 0 Å². The van der Waals surface area contributed by atoms with Gasteiger partial charge in [0.05, 0.1) is 18.7 Å². The van der Waals surface area contributed by atoms with Crippen molar-refractivity contribution in [3.63, 3.8) is 0 Å². The Kier molecular flexibility index (Phi) is 7.38. The number of carbonyl (C=O) groups excluding carboxylic acids is 2. The van der Waals surface area contributed by atoms with Gasteiger partial charge in [-0.3, -0.25) is 9.59 Å². The van der Waals surface area contributed by atoms with E-state index in [-0.39, 0.29) is 17.6 Å². The van der Waals surface area contributed by atoms with E-state index in [0.717, 1.165) is 5.56 Å². The summed E-state index contributed by atoms with van der Waals surface area (Å²) in [4.78, 5) is 27.5. The van der Waals surface area contributed by atoms with Crippen LogP contribution >= 0.6 is 11.6 Å². The van der Waals surface area contributed by atoms with E-state index in [2.05, 4.69) is 0 Å². The van der Waals surface area contributed by atoms with E-state index in [9.17, 15) is 9.59 Å². The molecule has 1 amide bonds. The smallest absolute Gasteiger partial charge is 0.254 e. The van der Waals surface area contributed by atoms with E-state index in [4.69, 9.17) is 21.1 Å². The van der Waals surface area contributed by atoms with Crippen LogP contribution in [-0.4, -0.2) is 43.4 Å². The van der Waals surface area contributed by atoms with Gasteiger partial charge in [-0.25, -0.2) is 0 Å². The summed E-state index contributed by atoms with van der Waals surface area (Å²) in [5.74, 6) is 1.22. The van der Waals surface area contributed by atoms with Crippen LogP contribution < -0.4 is 9.47 Å². The Hall–Kier alpha value is -2.53. The van der Waals surface area contributed by atoms with Gasteiger partial charge in [0.25, 0.3) is 5.91 Å². The summed E-state index contributed by atoms with van der Waals surface area (Å²) in [5, 5.41) is 0.354. The highest BCUT2D eigenvalue weighted by Crippen LogP contribution is 2.37. The summed E-state index contributed by atoms with van der Waals surface area (Å²) >= 11 is 6.39.